The summed E-state index contributed by atoms with van der Waals surface area (Å²) in [6.45, 7) is 0. The fraction of sp³-hybridized carbons (Fsp3) is 0. The first kappa shape index (κ1) is 38.4. The van der Waals surface area contributed by atoms with Crippen molar-refractivity contribution < 1.29 is 52.7 Å². The number of hydrogen-bond donors (Lipinski definition) is 0. The molecule has 3 nitrogen and oxygen atoms in total. The fourth-order valence-electron chi connectivity index (χ4n) is 0. The number of carbonyl (C=O) groups excluding carboxylic acids is 1. The van der Waals surface area contributed by atoms with E-state index in [9.17, 15) is 0 Å². The summed E-state index contributed by atoms with van der Waals surface area (Å²) < 4.78 is 0. The van der Waals surface area contributed by atoms with Crippen LogP contribution in [-0.2, 0) is 0 Å². The van der Waals surface area contributed by atoms with E-state index in [1.54, 1.807) is 0 Å². The molecule has 0 aromatic heterocycles. The molecule has 0 aliphatic carbocycles. The van der Waals surface area contributed by atoms with E-state index in [0.717, 1.165) is 0 Å². The smallest absolute Gasteiger partial charge is 0.652 e. The van der Waals surface area contributed by atoms with Crippen molar-refractivity contribution in [2.75, 3.05) is 0 Å². The van der Waals surface area contributed by atoms with Gasteiger partial charge in [-0.3, -0.25) is 0 Å². The summed E-state index contributed by atoms with van der Waals surface area (Å²) in [7, 11) is 0. The van der Waals surface area contributed by atoms with Gasteiger partial charge < -0.3 is 15.0 Å². The average Bonchev–Trinajstić information content (AvgIpc) is 0.811. The molecule has 0 rings (SSSR count). The van der Waals surface area contributed by atoms with Crippen LogP contribution < -0.4 is 47.9 Å². The first-order chi connectivity index (χ1) is 1.73. The van der Waals surface area contributed by atoms with Crippen LogP contribution in [0.2, 0.25) is 0 Å². The Hall–Kier alpha value is 0.595. The normalized spacial score (nSPS) is 3.00. The summed E-state index contributed by atoms with van der Waals surface area (Å²) in [6, 6.07) is 0. The topological polar surface area (TPSA) is 63.2 Å². The second kappa shape index (κ2) is 25.6. The summed E-state index contributed by atoms with van der Waals surface area (Å²) in [4.78, 5) is 8.33. The van der Waals surface area contributed by atoms with Gasteiger partial charge in [0.25, 0.3) is 0 Å². The molecule has 0 bridgehead atoms. The molecule has 0 atom stereocenters. The summed E-state index contributed by atoms with van der Waals surface area (Å²) in [5.41, 5.74) is 0. The van der Waals surface area contributed by atoms with Crippen molar-refractivity contribution in [3.63, 3.8) is 0 Å². The average molecular weight is 95.5 g/mol. The molecule has 8 heavy (non-hydrogen) atoms. The van der Waals surface area contributed by atoms with E-state index in [-0.39, 0.29) is 54.5 Å². The van der Waals surface area contributed by atoms with Gasteiger partial charge in [-0.15, -0.1) is 0 Å². The Morgan fingerprint density at radius 2 is 1.00 bits per heavy atom. The molecule has 0 spiro atoms. The Balaban J connectivity index is -0.00000000750. The van der Waals surface area contributed by atoms with Crippen LogP contribution in [0.4, 0.5) is 4.79 Å². The van der Waals surface area contributed by atoms with Crippen LogP contribution in [0.5, 0.6) is 0 Å². The standard InChI is InChI=1S/CH2O3.2B.2Li/c2-1(3)4;;;;/h(H2,2,3,4);;;;/q;;;2*+1/p-2. The van der Waals surface area contributed by atoms with E-state index < -0.39 is 6.16 Å². The Morgan fingerprint density at radius 1 is 1.00 bits per heavy atom. The zero-order valence-corrected chi connectivity index (χ0v) is 4.88. The first-order valence-corrected chi connectivity index (χ1v) is 0.612. The molecule has 0 saturated carbocycles. The molecule has 0 unspecified atom stereocenters. The molecule has 0 aliphatic heterocycles. The fourth-order valence-corrected chi connectivity index (χ4v) is 0. The van der Waals surface area contributed by atoms with E-state index in [2.05, 4.69) is 0 Å². The molecule has 0 aromatic rings. The minimum atomic E-state index is -2.33. The van der Waals surface area contributed by atoms with Crippen LogP contribution in [-0.4, -0.2) is 23.0 Å². The minimum absolute atomic E-state index is 0. The van der Waals surface area contributed by atoms with E-state index in [1.165, 1.54) is 0 Å². The van der Waals surface area contributed by atoms with Crippen molar-refractivity contribution in [1.82, 2.24) is 0 Å². The van der Waals surface area contributed by atoms with Gasteiger partial charge in [-0.2, -0.15) is 0 Å². The van der Waals surface area contributed by atoms with Crippen LogP contribution in [0.25, 0.3) is 0 Å². The van der Waals surface area contributed by atoms with Gasteiger partial charge in [0, 0.05) is 16.8 Å². The van der Waals surface area contributed by atoms with Crippen molar-refractivity contribution in [1.29, 1.82) is 0 Å². The largest absolute Gasteiger partial charge is 1.00 e. The number of rotatable bonds is 0. The predicted octanol–water partition coefficient (Wildman–Crippen LogP) is -9.20. The van der Waals surface area contributed by atoms with Gasteiger partial charge in [0.05, 0.1) is 0 Å². The van der Waals surface area contributed by atoms with Crippen LogP contribution in [0.1, 0.15) is 0 Å². The third kappa shape index (κ3) is 584. The summed E-state index contributed by atoms with van der Waals surface area (Å²) in [6.07, 6.45) is -2.33. The number of carbonyl (C=O) groups is 1. The van der Waals surface area contributed by atoms with E-state index >= 15 is 0 Å². The molecule has 0 saturated heterocycles. The maximum atomic E-state index is 8.33. The summed E-state index contributed by atoms with van der Waals surface area (Å²) >= 11 is 0. The van der Waals surface area contributed by atoms with Gasteiger partial charge in [-0.05, 0) is 6.16 Å². The molecular formula is CB2Li2O3. The predicted molar refractivity (Wildman–Crippen MR) is 16.9 cm³/mol. The van der Waals surface area contributed by atoms with Crippen LogP contribution in [0, 0.1) is 0 Å². The molecule has 0 fully saturated rings. The SMILES string of the molecule is O=C([O-])[O-].[B].[B].[Li+].[Li+]. The molecule has 0 aromatic carbocycles. The molecule has 6 radical (unpaired) electrons. The maximum absolute atomic E-state index is 8.33. The Bertz CT molecular complexity index is 38.3. The molecule has 0 N–H and O–H groups in total. The third-order valence-corrected chi connectivity index (χ3v) is 0. The molecule has 0 aliphatic rings. The minimum Gasteiger partial charge on any atom is -0.652 e. The van der Waals surface area contributed by atoms with Gasteiger partial charge in [-0.25, -0.2) is 0 Å². The van der Waals surface area contributed by atoms with Gasteiger partial charge in [0.2, 0.25) is 0 Å². The second-order valence-corrected chi connectivity index (χ2v) is 0.250. The zero-order chi connectivity index (χ0) is 3.58. The quantitative estimate of drug-likeness (QED) is 0.281. The van der Waals surface area contributed by atoms with Crippen LogP contribution >= 0.6 is 0 Å². The monoisotopic (exact) mass is 96.0 g/mol. The summed E-state index contributed by atoms with van der Waals surface area (Å²) in [5.74, 6) is 0. The van der Waals surface area contributed by atoms with Crippen LogP contribution in [0.3, 0.4) is 0 Å². The Kier molecular flexibility index (Phi) is 123. The van der Waals surface area contributed by atoms with Crippen molar-refractivity contribution in [2.45, 2.75) is 0 Å². The van der Waals surface area contributed by atoms with Gasteiger partial charge in [0.15, 0.2) is 0 Å². The molecule has 7 heteroatoms. The molecule has 0 amide bonds. The van der Waals surface area contributed by atoms with E-state index in [1.807, 2.05) is 0 Å². The zero-order valence-electron chi connectivity index (χ0n) is 4.88. The Morgan fingerprint density at radius 3 is 1.00 bits per heavy atom. The van der Waals surface area contributed by atoms with Crippen molar-refractivity contribution in [3.8, 4) is 0 Å². The maximum Gasteiger partial charge on any atom is 1.00 e. The molecular weight excluding hydrogens is 95.5 g/mol. The van der Waals surface area contributed by atoms with Gasteiger partial charge in [0.1, 0.15) is 0 Å². The van der Waals surface area contributed by atoms with Crippen molar-refractivity contribution in [3.05, 3.63) is 0 Å². The van der Waals surface area contributed by atoms with E-state index in [0.29, 0.717) is 0 Å². The van der Waals surface area contributed by atoms with Crippen molar-refractivity contribution in [2.24, 2.45) is 0 Å². The van der Waals surface area contributed by atoms with Gasteiger partial charge >= 0.3 is 37.7 Å². The second-order valence-electron chi connectivity index (χ2n) is 0.250. The van der Waals surface area contributed by atoms with Crippen LogP contribution in [0.15, 0.2) is 0 Å². The first-order valence-electron chi connectivity index (χ1n) is 0.612. The number of hydrogen-bond acceptors (Lipinski definition) is 3. The third-order valence-electron chi connectivity index (χ3n) is 0. The van der Waals surface area contributed by atoms with E-state index in [4.69, 9.17) is 15.0 Å². The molecule has 0 heterocycles. The molecule has 30 valence electrons. The number of carboxylic acid groups (broad SMARTS) is 2. The van der Waals surface area contributed by atoms with Crippen molar-refractivity contribution >= 4 is 23.0 Å². The van der Waals surface area contributed by atoms with Gasteiger partial charge in [-0.1, -0.05) is 0 Å². The summed E-state index contributed by atoms with van der Waals surface area (Å²) in [5, 5.41) is 16.7. The Labute approximate surface area is 75.7 Å².